The van der Waals surface area contributed by atoms with Gasteiger partial charge in [-0.25, -0.2) is 9.48 Å². The number of hydrogen-bond donors (Lipinski definition) is 0. The fraction of sp³-hybridized carbons (Fsp3) is 0.538. The Morgan fingerprint density at radius 1 is 0.677 bits per heavy atom. The molecule has 0 aromatic carbocycles. The molecule has 0 radical (unpaired) electrons. The first-order valence-corrected chi connectivity index (χ1v) is 14.1. The largest absolute Gasteiger partial charge is 0.623 e. The number of hydroxylamine groups is 2. The van der Waals surface area contributed by atoms with Crippen LogP contribution in [0.5, 0.6) is 0 Å². The van der Waals surface area contributed by atoms with Gasteiger partial charge in [0.05, 0.1) is 8.07 Å². The van der Waals surface area contributed by atoms with Crippen molar-refractivity contribution in [3.63, 3.8) is 0 Å². The molecule has 0 bridgehead atoms. The van der Waals surface area contributed by atoms with Gasteiger partial charge in [-0.15, -0.1) is 0 Å². The Labute approximate surface area is 189 Å². The Hall–Kier alpha value is -2.14. The van der Waals surface area contributed by atoms with Crippen molar-refractivity contribution < 1.29 is 9.48 Å². The maximum absolute atomic E-state index is 13.1. The summed E-state index contributed by atoms with van der Waals surface area (Å²) in [6.45, 7) is 23.0. The van der Waals surface area contributed by atoms with Gasteiger partial charge in [0, 0.05) is 52.7 Å². The van der Waals surface area contributed by atoms with Gasteiger partial charge in [0.15, 0.2) is 23.5 Å². The van der Waals surface area contributed by atoms with E-state index >= 15 is 0 Å². The van der Waals surface area contributed by atoms with Gasteiger partial charge in [-0.2, -0.15) is 0 Å². The molecule has 4 nitrogen and oxygen atoms in total. The minimum absolute atomic E-state index is 0.0373. The van der Waals surface area contributed by atoms with E-state index < -0.39 is 19.2 Å². The normalized spacial score (nSPS) is 14.9. The molecule has 0 spiro atoms. The second-order valence-electron chi connectivity index (χ2n) is 12.1. The summed E-state index contributed by atoms with van der Waals surface area (Å²) in [5.74, 6) is 0. The van der Waals surface area contributed by atoms with Crippen LogP contribution in [0.1, 0.15) is 73.4 Å². The van der Waals surface area contributed by atoms with Crippen molar-refractivity contribution in [2.75, 3.05) is 0 Å². The van der Waals surface area contributed by atoms with E-state index in [1.807, 2.05) is 59.7 Å². The molecule has 0 atom stereocenters. The molecule has 2 rings (SSSR count). The first kappa shape index (κ1) is 25.1. The maximum atomic E-state index is 13.1. The van der Waals surface area contributed by atoms with Gasteiger partial charge in [-0.1, -0.05) is 64.2 Å². The number of hydrogen-bond acceptors (Lipinski definition) is 2. The molecule has 31 heavy (non-hydrogen) atoms. The molecule has 0 heterocycles. The summed E-state index contributed by atoms with van der Waals surface area (Å²) in [6.07, 6.45) is 3.50. The summed E-state index contributed by atoms with van der Waals surface area (Å²) >= 11 is 0. The fourth-order valence-electron chi connectivity index (χ4n) is 3.37. The highest BCUT2D eigenvalue weighted by molar-refractivity contribution is 6.93. The lowest BCUT2D eigenvalue weighted by molar-refractivity contribution is -0.530. The first-order chi connectivity index (χ1) is 13.9. The van der Waals surface area contributed by atoms with E-state index in [1.165, 1.54) is 5.19 Å². The summed E-state index contributed by atoms with van der Waals surface area (Å²) in [7, 11) is -2.13. The highest BCUT2D eigenvalue weighted by atomic mass is 28.3. The predicted molar refractivity (Wildman–Crippen MR) is 137 cm³/mol. The van der Waals surface area contributed by atoms with Crippen LogP contribution in [-0.4, -0.2) is 41.1 Å². The number of rotatable bonds is 3. The SMILES string of the molecule is CC(C)(C)/[N+]([O-])=C/c1c2cccccc-2c(/C=[N+](/[O-])C(C)(C)C)c1[Si](C)(C)C(C)(C)C. The van der Waals surface area contributed by atoms with Gasteiger partial charge in [0.1, 0.15) is 0 Å². The van der Waals surface area contributed by atoms with Crippen LogP contribution in [0.3, 0.4) is 0 Å². The Balaban J connectivity index is 3.11. The summed E-state index contributed by atoms with van der Waals surface area (Å²) in [5, 5.41) is 27.4. The van der Waals surface area contributed by atoms with E-state index in [0.717, 1.165) is 31.7 Å². The van der Waals surface area contributed by atoms with Crippen molar-refractivity contribution in [1.29, 1.82) is 0 Å². The Morgan fingerprint density at radius 3 is 1.32 bits per heavy atom. The minimum Gasteiger partial charge on any atom is -0.623 e. The zero-order valence-corrected chi connectivity index (χ0v) is 22.3. The molecule has 0 aromatic rings. The van der Waals surface area contributed by atoms with Crippen LogP contribution in [0.2, 0.25) is 18.1 Å². The molecular formula is C26H40N2O2Si. The lowest BCUT2D eigenvalue weighted by Gasteiger charge is -2.38. The van der Waals surface area contributed by atoms with Gasteiger partial charge in [0.2, 0.25) is 0 Å². The minimum atomic E-state index is -2.13. The van der Waals surface area contributed by atoms with Gasteiger partial charge in [-0.3, -0.25) is 0 Å². The van der Waals surface area contributed by atoms with Crippen molar-refractivity contribution in [3.8, 4) is 11.1 Å². The highest BCUT2D eigenvalue weighted by Crippen LogP contribution is 2.40. The maximum Gasteiger partial charge on any atom is 0.182 e. The van der Waals surface area contributed by atoms with Crippen LogP contribution in [0.4, 0.5) is 0 Å². The Bertz CT molecular complexity index is 919. The van der Waals surface area contributed by atoms with Gasteiger partial charge >= 0.3 is 0 Å². The third-order valence-corrected chi connectivity index (χ3v) is 12.0. The third-order valence-electron chi connectivity index (χ3n) is 6.47. The molecule has 0 saturated carbocycles. The molecular weight excluding hydrogens is 400 g/mol. The zero-order chi connectivity index (χ0) is 24.0. The zero-order valence-electron chi connectivity index (χ0n) is 21.3. The number of nitrogens with zero attached hydrogens (tertiary/aromatic N) is 2. The quantitative estimate of drug-likeness (QED) is 0.194. The molecule has 5 heteroatoms. The molecule has 0 unspecified atom stereocenters. The molecule has 0 N–H and O–H groups in total. The molecule has 0 amide bonds. The third kappa shape index (κ3) is 5.03. The van der Waals surface area contributed by atoms with Crippen LogP contribution in [0, 0.1) is 10.4 Å². The van der Waals surface area contributed by atoms with E-state index in [-0.39, 0.29) is 5.04 Å². The monoisotopic (exact) mass is 440 g/mol. The standard InChI is InChI=1S/C26H40N2O2Si/c1-24(2,3)27(29)17-21-19-15-13-12-14-16-20(19)22(18-28(30)25(4,5)6)23(21)31(10,11)26(7,8)9/h12-18H,1-11H3/b27-17-,28-18+. The van der Waals surface area contributed by atoms with Crippen LogP contribution in [0.15, 0.2) is 30.3 Å². The van der Waals surface area contributed by atoms with Crippen LogP contribution >= 0.6 is 0 Å². The van der Waals surface area contributed by atoms with E-state index in [9.17, 15) is 10.4 Å². The lowest BCUT2D eigenvalue weighted by Crippen LogP contribution is -2.52. The molecule has 170 valence electrons. The van der Waals surface area contributed by atoms with Gasteiger partial charge in [0.25, 0.3) is 0 Å². The van der Waals surface area contributed by atoms with E-state index in [0.29, 0.717) is 0 Å². The molecule has 0 aliphatic heterocycles. The van der Waals surface area contributed by atoms with Crippen molar-refractivity contribution >= 4 is 25.7 Å². The second-order valence-corrected chi connectivity index (χ2v) is 17.3. The van der Waals surface area contributed by atoms with Crippen LogP contribution in [-0.2, 0) is 0 Å². The summed E-state index contributed by atoms with van der Waals surface area (Å²) in [6, 6.07) is 10.1. The molecule has 2 aliphatic rings. The van der Waals surface area contributed by atoms with Crippen molar-refractivity contribution in [2.24, 2.45) is 0 Å². The summed E-state index contributed by atoms with van der Waals surface area (Å²) in [4.78, 5) is 0. The average molecular weight is 441 g/mol. The Morgan fingerprint density at radius 2 is 1.03 bits per heavy atom. The van der Waals surface area contributed by atoms with E-state index in [2.05, 4.69) is 46.0 Å². The molecule has 0 fully saturated rings. The smallest absolute Gasteiger partial charge is 0.182 e. The summed E-state index contributed by atoms with van der Waals surface area (Å²) in [5.41, 5.74) is 2.84. The van der Waals surface area contributed by atoms with Gasteiger partial charge in [-0.05, 0) is 21.4 Å². The fourth-order valence-corrected chi connectivity index (χ4v) is 5.86. The lowest BCUT2D eigenvalue weighted by atomic mass is 10.1. The molecule has 0 aromatic heterocycles. The Kier molecular flexibility index (Phi) is 6.55. The molecule has 2 aliphatic carbocycles. The average Bonchev–Trinajstić information content (AvgIpc) is 2.73. The van der Waals surface area contributed by atoms with Crippen molar-refractivity contribution in [1.82, 2.24) is 0 Å². The topological polar surface area (TPSA) is 52.1 Å². The van der Waals surface area contributed by atoms with E-state index in [4.69, 9.17) is 0 Å². The highest BCUT2D eigenvalue weighted by Gasteiger charge is 2.43. The van der Waals surface area contributed by atoms with Crippen molar-refractivity contribution in [2.45, 2.75) is 91.5 Å². The van der Waals surface area contributed by atoms with E-state index in [1.54, 1.807) is 12.4 Å². The summed E-state index contributed by atoms with van der Waals surface area (Å²) < 4.78 is 2.10. The van der Waals surface area contributed by atoms with Crippen molar-refractivity contribution in [3.05, 3.63) is 51.9 Å². The number of fused-ring (bicyclic) bond motifs is 1. The van der Waals surface area contributed by atoms with Crippen LogP contribution in [0.25, 0.3) is 11.1 Å². The van der Waals surface area contributed by atoms with Crippen LogP contribution < -0.4 is 5.19 Å². The second kappa shape index (κ2) is 8.08. The molecule has 0 saturated heterocycles. The first-order valence-electron chi connectivity index (χ1n) is 11.1. The van der Waals surface area contributed by atoms with Gasteiger partial charge < -0.3 is 10.4 Å². The predicted octanol–water partition coefficient (Wildman–Crippen LogP) is 5.96.